The van der Waals surface area contributed by atoms with Crippen molar-refractivity contribution in [3.05, 3.63) is 12.2 Å². The quantitative estimate of drug-likeness (QED) is 0.362. The highest BCUT2D eigenvalue weighted by molar-refractivity contribution is 7.99. The van der Waals surface area contributed by atoms with Crippen LogP contribution in [0.3, 0.4) is 0 Å². The lowest BCUT2D eigenvalue weighted by Crippen LogP contribution is -1.83. The van der Waals surface area contributed by atoms with Gasteiger partial charge in [0.05, 0.1) is 0 Å². The van der Waals surface area contributed by atoms with Crippen molar-refractivity contribution in [2.24, 2.45) is 0 Å². The summed E-state index contributed by atoms with van der Waals surface area (Å²) in [7, 11) is 0. The van der Waals surface area contributed by atoms with Crippen LogP contribution in [0.1, 0.15) is 58.8 Å². The zero-order valence-corrected chi connectivity index (χ0v) is 10.7. The van der Waals surface area contributed by atoms with E-state index in [-0.39, 0.29) is 0 Å². The van der Waals surface area contributed by atoms with E-state index >= 15 is 0 Å². The molecule has 0 aromatic heterocycles. The molecule has 0 unspecified atom stereocenters. The summed E-state index contributed by atoms with van der Waals surface area (Å²) in [5.41, 5.74) is 0. The van der Waals surface area contributed by atoms with Crippen molar-refractivity contribution >= 4 is 11.8 Å². The van der Waals surface area contributed by atoms with E-state index in [1.807, 2.05) is 0 Å². The first kappa shape index (κ1) is 14.1. The standard InChI is InChI=1S/C13H26S/c1-3-5-6-7-8-9-10-11-13-14-12-4-2/h3,5H,4,6-13H2,1-2H3. The summed E-state index contributed by atoms with van der Waals surface area (Å²) in [6.45, 7) is 4.36. The average Bonchev–Trinajstić information content (AvgIpc) is 2.21. The van der Waals surface area contributed by atoms with E-state index in [1.165, 1.54) is 56.5 Å². The van der Waals surface area contributed by atoms with E-state index < -0.39 is 0 Å². The van der Waals surface area contributed by atoms with Crippen LogP contribution < -0.4 is 0 Å². The van der Waals surface area contributed by atoms with Crippen molar-refractivity contribution in [2.75, 3.05) is 11.5 Å². The fourth-order valence-corrected chi connectivity index (χ4v) is 2.31. The summed E-state index contributed by atoms with van der Waals surface area (Å²) in [4.78, 5) is 0. The van der Waals surface area contributed by atoms with Gasteiger partial charge in [0.25, 0.3) is 0 Å². The van der Waals surface area contributed by atoms with Gasteiger partial charge in [-0.3, -0.25) is 0 Å². The van der Waals surface area contributed by atoms with E-state index in [9.17, 15) is 0 Å². The molecule has 0 heterocycles. The maximum atomic E-state index is 2.27. The van der Waals surface area contributed by atoms with Gasteiger partial charge in [-0.1, -0.05) is 38.3 Å². The molecule has 0 atom stereocenters. The minimum absolute atomic E-state index is 1.28. The Bertz CT molecular complexity index is 118. The van der Waals surface area contributed by atoms with Gasteiger partial charge in [0.15, 0.2) is 0 Å². The van der Waals surface area contributed by atoms with E-state index in [4.69, 9.17) is 0 Å². The number of allylic oxidation sites excluding steroid dienone is 2. The second-order valence-corrected chi connectivity index (χ2v) is 4.96. The van der Waals surface area contributed by atoms with Crippen LogP contribution in [-0.2, 0) is 0 Å². The smallest absolute Gasteiger partial charge is 0.00675 e. The van der Waals surface area contributed by atoms with Crippen molar-refractivity contribution in [3.8, 4) is 0 Å². The Kier molecular flexibility index (Phi) is 13.2. The normalized spacial score (nSPS) is 11.3. The lowest BCUT2D eigenvalue weighted by molar-refractivity contribution is 0.640. The molecular formula is C13H26S. The molecule has 1 heteroatoms. The van der Waals surface area contributed by atoms with Gasteiger partial charge in [-0.05, 0) is 44.1 Å². The second-order valence-electron chi connectivity index (χ2n) is 3.74. The monoisotopic (exact) mass is 214 g/mol. The van der Waals surface area contributed by atoms with Crippen LogP contribution in [-0.4, -0.2) is 11.5 Å². The molecule has 0 aromatic carbocycles. The maximum Gasteiger partial charge on any atom is -0.00675 e. The van der Waals surface area contributed by atoms with Crippen LogP contribution in [0.2, 0.25) is 0 Å². The average molecular weight is 214 g/mol. The Morgan fingerprint density at radius 1 is 0.929 bits per heavy atom. The zero-order valence-electron chi connectivity index (χ0n) is 9.93. The van der Waals surface area contributed by atoms with Crippen LogP contribution in [0.5, 0.6) is 0 Å². The lowest BCUT2D eigenvalue weighted by atomic mass is 10.1. The van der Waals surface area contributed by atoms with Gasteiger partial charge in [0.1, 0.15) is 0 Å². The van der Waals surface area contributed by atoms with Crippen LogP contribution in [0.4, 0.5) is 0 Å². The first-order valence-corrected chi connectivity index (χ1v) is 7.26. The largest absolute Gasteiger partial charge is 0.162 e. The fraction of sp³-hybridized carbons (Fsp3) is 0.846. The zero-order chi connectivity index (χ0) is 10.5. The van der Waals surface area contributed by atoms with Crippen LogP contribution in [0, 0.1) is 0 Å². The van der Waals surface area contributed by atoms with Gasteiger partial charge >= 0.3 is 0 Å². The lowest BCUT2D eigenvalue weighted by Gasteiger charge is -2.00. The summed E-state index contributed by atoms with van der Waals surface area (Å²) < 4.78 is 0. The van der Waals surface area contributed by atoms with Gasteiger partial charge in [-0.25, -0.2) is 0 Å². The summed E-state index contributed by atoms with van der Waals surface area (Å²) in [6, 6.07) is 0. The molecule has 0 N–H and O–H groups in total. The Hall–Kier alpha value is 0.0900. The minimum Gasteiger partial charge on any atom is -0.162 e. The number of rotatable bonds is 10. The van der Waals surface area contributed by atoms with Crippen molar-refractivity contribution < 1.29 is 0 Å². The Balaban J connectivity index is 2.85. The predicted octanol–water partition coefficient (Wildman–Crippen LogP) is 5.05. The van der Waals surface area contributed by atoms with Crippen LogP contribution in [0.15, 0.2) is 12.2 Å². The predicted molar refractivity (Wildman–Crippen MR) is 70.1 cm³/mol. The molecule has 0 bridgehead atoms. The van der Waals surface area contributed by atoms with Crippen LogP contribution in [0.25, 0.3) is 0 Å². The first-order valence-electron chi connectivity index (χ1n) is 6.10. The van der Waals surface area contributed by atoms with Gasteiger partial charge in [0.2, 0.25) is 0 Å². The molecule has 0 aromatic rings. The fourth-order valence-electron chi connectivity index (χ4n) is 1.41. The van der Waals surface area contributed by atoms with Crippen molar-refractivity contribution in [1.29, 1.82) is 0 Å². The molecule has 84 valence electrons. The molecule has 14 heavy (non-hydrogen) atoms. The highest BCUT2D eigenvalue weighted by Gasteiger charge is 1.90. The van der Waals surface area contributed by atoms with E-state index in [2.05, 4.69) is 37.8 Å². The van der Waals surface area contributed by atoms with Gasteiger partial charge < -0.3 is 0 Å². The summed E-state index contributed by atoms with van der Waals surface area (Å²) in [5, 5.41) is 0. The van der Waals surface area contributed by atoms with Crippen molar-refractivity contribution in [1.82, 2.24) is 0 Å². The van der Waals surface area contributed by atoms with Crippen molar-refractivity contribution in [2.45, 2.75) is 58.8 Å². The third kappa shape index (κ3) is 12.1. The van der Waals surface area contributed by atoms with E-state index in [0.29, 0.717) is 0 Å². The molecule has 0 amide bonds. The number of hydrogen-bond donors (Lipinski definition) is 0. The van der Waals surface area contributed by atoms with E-state index in [1.54, 1.807) is 0 Å². The van der Waals surface area contributed by atoms with Gasteiger partial charge in [-0.15, -0.1) is 0 Å². The SMILES string of the molecule is CC=CCCCCCCCSCCC. The third-order valence-corrected chi connectivity index (χ3v) is 3.52. The molecule has 0 aliphatic carbocycles. The highest BCUT2D eigenvalue weighted by atomic mass is 32.2. The summed E-state index contributed by atoms with van der Waals surface area (Å²) >= 11 is 2.11. The number of thioether (sulfide) groups is 1. The Morgan fingerprint density at radius 3 is 2.36 bits per heavy atom. The first-order chi connectivity index (χ1) is 6.91. The molecule has 0 spiro atoms. The number of hydrogen-bond acceptors (Lipinski definition) is 1. The number of unbranched alkanes of at least 4 members (excludes halogenated alkanes) is 5. The maximum absolute atomic E-state index is 2.27. The Morgan fingerprint density at radius 2 is 1.64 bits per heavy atom. The van der Waals surface area contributed by atoms with E-state index in [0.717, 1.165) is 0 Å². The molecular weight excluding hydrogens is 188 g/mol. The summed E-state index contributed by atoms with van der Waals surface area (Å²) in [6.07, 6.45) is 14.1. The molecule has 0 radical (unpaired) electrons. The molecule has 0 nitrogen and oxygen atoms in total. The Labute approximate surface area is 94.6 Å². The molecule has 0 aliphatic heterocycles. The second kappa shape index (κ2) is 13.1. The third-order valence-electron chi connectivity index (χ3n) is 2.24. The molecule has 0 rings (SSSR count). The molecule has 0 saturated heterocycles. The molecule has 0 saturated carbocycles. The van der Waals surface area contributed by atoms with Crippen molar-refractivity contribution in [3.63, 3.8) is 0 Å². The topological polar surface area (TPSA) is 0 Å². The van der Waals surface area contributed by atoms with Gasteiger partial charge in [-0.2, -0.15) is 11.8 Å². The van der Waals surface area contributed by atoms with Crippen LogP contribution >= 0.6 is 11.8 Å². The molecule has 0 fully saturated rings. The summed E-state index contributed by atoms with van der Waals surface area (Å²) in [5.74, 6) is 2.73. The minimum atomic E-state index is 1.28. The van der Waals surface area contributed by atoms with Gasteiger partial charge in [0, 0.05) is 0 Å². The highest BCUT2D eigenvalue weighted by Crippen LogP contribution is 2.10. The molecule has 0 aliphatic rings.